The molecule has 1 atom stereocenters. The van der Waals surface area contributed by atoms with Gasteiger partial charge in [-0.25, -0.2) is 9.97 Å². The number of benzene rings is 1. The highest BCUT2D eigenvalue weighted by molar-refractivity contribution is 6.00. The molecule has 0 bridgehead atoms. The Kier molecular flexibility index (Phi) is 3.60. The summed E-state index contributed by atoms with van der Waals surface area (Å²) in [5.74, 6) is 0.389. The lowest BCUT2D eigenvalue weighted by Crippen LogP contribution is -2.23. The zero-order chi connectivity index (χ0) is 17.6. The Balaban J connectivity index is 1.78. The summed E-state index contributed by atoms with van der Waals surface area (Å²) in [6.07, 6.45) is 4.98. The van der Waals surface area contributed by atoms with Crippen molar-refractivity contribution < 1.29 is 4.79 Å². The molecular formula is C19H19N5O. The second kappa shape index (κ2) is 5.81. The maximum absolute atomic E-state index is 12.7. The van der Waals surface area contributed by atoms with Crippen molar-refractivity contribution in [1.82, 2.24) is 19.7 Å². The number of carbonyl (C=O) groups is 1. The molecule has 1 aromatic carbocycles. The number of nitrogens with two attached hydrogens (primary N) is 1. The molecule has 0 spiro atoms. The lowest BCUT2D eigenvalue weighted by molar-refractivity contribution is 0.0962. The van der Waals surface area contributed by atoms with Gasteiger partial charge in [-0.2, -0.15) is 5.10 Å². The standard InChI is InChI=1S/C19H19N5O/c1-11-18-16(23-19(20)22-11)7-12(8-17(18)25)14-5-3-4-6-15(14)13-9-21-24(2)10-13/h3-6,9-10,12H,7-8H2,1-2H3,(H2,20,22,23). The van der Waals surface area contributed by atoms with Crippen molar-refractivity contribution in [1.29, 1.82) is 0 Å². The summed E-state index contributed by atoms with van der Waals surface area (Å²) >= 11 is 0. The Labute approximate surface area is 145 Å². The number of anilines is 1. The number of ketones is 1. The van der Waals surface area contributed by atoms with Gasteiger partial charge in [-0.05, 0) is 30.4 Å². The van der Waals surface area contributed by atoms with E-state index in [2.05, 4.69) is 27.2 Å². The molecule has 0 aliphatic heterocycles. The highest BCUT2D eigenvalue weighted by atomic mass is 16.1. The van der Waals surface area contributed by atoms with Gasteiger partial charge in [-0.3, -0.25) is 9.48 Å². The molecule has 0 saturated heterocycles. The summed E-state index contributed by atoms with van der Waals surface area (Å²) in [5.41, 5.74) is 11.2. The zero-order valence-corrected chi connectivity index (χ0v) is 14.2. The predicted molar refractivity (Wildman–Crippen MR) is 95.2 cm³/mol. The molecule has 126 valence electrons. The third-order valence-electron chi connectivity index (χ3n) is 4.75. The lowest BCUT2D eigenvalue weighted by Gasteiger charge is -2.25. The molecule has 6 heteroatoms. The number of carbonyl (C=O) groups excluding carboxylic acids is 1. The molecule has 1 aliphatic carbocycles. The second-order valence-electron chi connectivity index (χ2n) is 6.51. The van der Waals surface area contributed by atoms with Crippen molar-refractivity contribution in [3.63, 3.8) is 0 Å². The molecule has 0 amide bonds. The molecule has 0 fully saturated rings. The summed E-state index contributed by atoms with van der Waals surface area (Å²) in [7, 11) is 1.90. The van der Waals surface area contributed by atoms with E-state index < -0.39 is 0 Å². The first kappa shape index (κ1) is 15.5. The van der Waals surface area contributed by atoms with Crippen LogP contribution in [0.2, 0.25) is 0 Å². The van der Waals surface area contributed by atoms with Gasteiger partial charge in [0, 0.05) is 25.2 Å². The Morgan fingerprint density at radius 2 is 2.00 bits per heavy atom. The van der Waals surface area contributed by atoms with Crippen LogP contribution in [-0.2, 0) is 13.5 Å². The maximum atomic E-state index is 12.7. The SMILES string of the molecule is Cc1nc(N)nc2c1C(=O)CC(c1ccccc1-c1cnn(C)c1)C2. The van der Waals surface area contributed by atoms with E-state index in [1.807, 2.05) is 38.5 Å². The van der Waals surface area contributed by atoms with Crippen LogP contribution < -0.4 is 5.73 Å². The van der Waals surface area contributed by atoms with E-state index >= 15 is 0 Å². The molecule has 2 aromatic heterocycles. The topological polar surface area (TPSA) is 86.7 Å². The number of hydrogen-bond acceptors (Lipinski definition) is 5. The number of nitrogen functional groups attached to an aromatic ring is 1. The first-order valence-corrected chi connectivity index (χ1v) is 8.27. The lowest BCUT2D eigenvalue weighted by atomic mass is 9.79. The van der Waals surface area contributed by atoms with E-state index in [-0.39, 0.29) is 17.6 Å². The Morgan fingerprint density at radius 1 is 1.20 bits per heavy atom. The average Bonchev–Trinajstić information content (AvgIpc) is 3.00. The summed E-state index contributed by atoms with van der Waals surface area (Å²) < 4.78 is 1.78. The minimum Gasteiger partial charge on any atom is -0.368 e. The highest BCUT2D eigenvalue weighted by Gasteiger charge is 2.30. The minimum atomic E-state index is 0.0742. The van der Waals surface area contributed by atoms with E-state index in [4.69, 9.17) is 5.73 Å². The zero-order valence-electron chi connectivity index (χ0n) is 14.2. The summed E-state index contributed by atoms with van der Waals surface area (Å²) in [4.78, 5) is 21.2. The number of nitrogens with zero attached hydrogens (tertiary/aromatic N) is 4. The maximum Gasteiger partial charge on any atom is 0.220 e. The summed E-state index contributed by atoms with van der Waals surface area (Å²) in [6.45, 7) is 1.82. The Bertz CT molecular complexity index is 976. The Morgan fingerprint density at radius 3 is 2.76 bits per heavy atom. The fourth-order valence-corrected chi connectivity index (χ4v) is 3.69. The molecule has 2 N–H and O–H groups in total. The number of Topliss-reactive ketones (excluding diaryl/α,β-unsaturated/α-hetero) is 1. The van der Waals surface area contributed by atoms with Gasteiger partial charge in [-0.15, -0.1) is 0 Å². The van der Waals surface area contributed by atoms with Gasteiger partial charge < -0.3 is 5.73 Å². The van der Waals surface area contributed by atoms with Crippen LogP contribution >= 0.6 is 0 Å². The Hall–Kier alpha value is -3.02. The van der Waals surface area contributed by atoms with Crippen molar-refractivity contribution in [2.24, 2.45) is 7.05 Å². The van der Waals surface area contributed by atoms with Crippen LogP contribution in [0.15, 0.2) is 36.7 Å². The third-order valence-corrected chi connectivity index (χ3v) is 4.75. The van der Waals surface area contributed by atoms with Crippen LogP contribution in [0.25, 0.3) is 11.1 Å². The molecule has 0 radical (unpaired) electrons. The van der Waals surface area contributed by atoms with Gasteiger partial charge >= 0.3 is 0 Å². The fourth-order valence-electron chi connectivity index (χ4n) is 3.69. The van der Waals surface area contributed by atoms with Crippen LogP contribution in [0.5, 0.6) is 0 Å². The van der Waals surface area contributed by atoms with Crippen LogP contribution in [-0.4, -0.2) is 25.5 Å². The van der Waals surface area contributed by atoms with Gasteiger partial charge in [0.2, 0.25) is 5.95 Å². The van der Waals surface area contributed by atoms with Crippen molar-refractivity contribution in [2.75, 3.05) is 5.73 Å². The van der Waals surface area contributed by atoms with E-state index in [0.29, 0.717) is 24.1 Å². The van der Waals surface area contributed by atoms with Crippen LogP contribution in [0.3, 0.4) is 0 Å². The number of hydrogen-bond donors (Lipinski definition) is 1. The van der Waals surface area contributed by atoms with Crippen LogP contribution in [0, 0.1) is 6.92 Å². The van der Waals surface area contributed by atoms with Crippen molar-refractivity contribution >= 4 is 11.7 Å². The van der Waals surface area contributed by atoms with Crippen molar-refractivity contribution in [3.05, 3.63) is 59.2 Å². The van der Waals surface area contributed by atoms with Gasteiger partial charge in [0.1, 0.15) is 0 Å². The van der Waals surface area contributed by atoms with Gasteiger partial charge in [0.05, 0.1) is 23.1 Å². The average molecular weight is 333 g/mol. The van der Waals surface area contributed by atoms with Gasteiger partial charge in [0.25, 0.3) is 0 Å². The molecule has 6 nitrogen and oxygen atoms in total. The molecule has 25 heavy (non-hydrogen) atoms. The monoisotopic (exact) mass is 333 g/mol. The third kappa shape index (κ3) is 2.69. The van der Waals surface area contributed by atoms with Crippen molar-refractivity contribution in [3.8, 4) is 11.1 Å². The smallest absolute Gasteiger partial charge is 0.220 e. The van der Waals surface area contributed by atoms with Gasteiger partial charge in [0.15, 0.2) is 5.78 Å². The number of rotatable bonds is 2. The minimum absolute atomic E-state index is 0.0742. The quantitative estimate of drug-likeness (QED) is 0.779. The van der Waals surface area contributed by atoms with Crippen molar-refractivity contribution in [2.45, 2.75) is 25.7 Å². The summed E-state index contributed by atoms with van der Waals surface area (Å²) in [5, 5.41) is 4.27. The molecule has 3 aromatic rings. The molecule has 0 saturated carbocycles. The number of aryl methyl sites for hydroxylation is 2. The molecule has 2 heterocycles. The highest BCUT2D eigenvalue weighted by Crippen LogP contribution is 2.37. The first-order valence-electron chi connectivity index (χ1n) is 8.27. The van der Waals surface area contributed by atoms with Crippen LogP contribution in [0.4, 0.5) is 5.95 Å². The number of fused-ring (bicyclic) bond motifs is 1. The van der Waals surface area contributed by atoms with E-state index in [9.17, 15) is 4.79 Å². The normalized spacial score (nSPS) is 16.7. The number of aromatic nitrogens is 4. The molecular weight excluding hydrogens is 314 g/mol. The molecule has 1 aliphatic rings. The van der Waals surface area contributed by atoms with Gasteiger partial charge in [-0.1, -0.05) is 24.3 Å². The largest absolute Gasteiger partial charge is 0.368 e. The van der Waals surface area contributed by atoms with E-state index in [1.54, 1.807) is 4.68 Å². The molecule has 4 rings (SSSR count). The van der Waals surface area contributed by atoms with Crippen LogP contribution in [0.1, 0.15) is 39.6 Å². The fraction of sp³-hybridized carbons (Fsp3) is 0.263. The second-order valence-corrected chi connectivity index (χ2v) is 6.51. The van der Waals surface area contributed by atoms with E-state index in [1.165, 1.54) is 0 Å². The molecule has 1 unspecified atom stereocenters. The first-order chi connectivity index (χ1) is 12.0. The summed E-state index contributed by atoms with van der Waals surface area (Å²) in [6, 6.07) is 8.18. The predicted octanol–water partition coefficient (Wildman–Crippen LogP) is 2.68. The van der Waals surface area contributed by atoms with E-state index in [0.717, 1.165) is 22.4 Å².